The Balaban J connectivity index is 1.75. The van der Waals surface area contributed by atoms with Crippen molar-refractivity contribution in [3.8, 4) is 0 Å². The summed E-state index contributed by atoms with van der Waals surface area (Å²) in [6.07, 6.45) is 1.27. The van der Waals surface area contributed by atoms with Crippen molar-refractivity contribution in [2.24, 2.45) is 11.0 Å². The first-order valence-corrected chi connectivity index (χ1v) is 10.7. The highest BCUT2D eigenvalue weighted by molar-refractivity contribution is 7.80. The van der Waals surface area contributed by atoms with Gasteiger partial charge in [-0.05, 0) is 30.4 Å². The lowest BCUT2D eigenvalue weighted by Crippen LogP contribution is -2.49. The highest BCUT2D eigenvalue weighted by Crippen LogP contribution is 2.17. The van der Waals surface area contributed by atoms with Gasteiger partial charge in [-0.15, -0.1) is 0 Å². The summed E-state index contributed by atoms with van der Waals surface area (Å²) in [5, 5.41) is 17.3. The molecule has 2 aromatic rings. The minimum Gasteiger partial charge on any atom is -0.480 e. The van der Waals surface area contributed by atoms with Crippen LogP contribution in [0.4, 0.5) is 0 Å². The second-order valence-corrected chi connectivity index (χ2v) is 7.74. The molecule has 7 nitrogen and oxygen atoms in total. The first-order chi connectivity index (χ1) is 15.0. The predicted molar refractivity (Wildman–Crippen MR) is 121 cm³/mol. The van der Waals surface area contributed by atoms with Crippen LogP contribution < -0.4 is 5.32 Å². The summed E-state index contributed by atoms with van der Waals surface area (Å²) in [4.78, 5) is 37.2. The summed E-state index contributed by atoms with van der Waals surface area (Å²) in [6, 6.07) is 18.0. The van der Waals surface area contributed by atoms with E-state index in [1.165, 1.54) is 0 Å². The second-order valence-electron chi connectivity index (χ2n) is 7.37. The van der Waals surface area contributed by atoms with Gasteiger partial charge in [-0.25, -0.2) is 5.01 Å². The van der Waals surface area contributed by atoms with Gasteiger partial charge in [0.2, 0.25) is 5.91 Å². The maximum absolute atomic E-state index is 13.0. The van der Waals surface area contributed by atoms with Crippen molar-refractivity contribution in [1.82, 2.24) is 10.3 Å². The molecule has 0 unspecified atom stereocenters. The molecule has 1 heterocycles. The van der Waals surface area contributed by atoms with E-state index in [0.29, 0.717) is 30.7 Å². The van der Waals surface area contributed by atoms with Gasteiger partial charge in [0, 0.05) is 5.75 Å². The van der Waals surface area contributed by atoms with Crippen LogP contribution in [0.1, 0.15) is 24.0 Å². The number of rotatable bonds is 8. The molecule has 0 saturated carbocycles. The van der Waals surface area contributed by atoms with Crippen molar-refractivity contribution >= 4 is 36.1 Å². The number of carbonyl (C=O) groups excluding carboxylic acids is 2. The van der Waals surface area contributed by atoms with Crippen LogP contribution in [0, 0.1) is 5.92 Å². The van der Waals surface area contributed by atoms with Gasteiger partial charge in [-0.2, -0.15) is 17.7 Å². The molecule has 162 valence electrons. The van der Waals surface area contributed by atoms with Crippen LogP contribution in [-0.2, 0) is 20.8 Å². The SMILES string of the molecule is O=C(O)CN1N=C(c2ccccc2)CC[C@H](NC(=O)[C@@H](CS)Cc2ccccc2)C1=O. The molecular formula is C23H25N3O4S. The van der Waals surface area contributed by atoms with Crippen molar-refractivity contribution in [3.05, 3.63) is 71.8 Å². The van der Waals surface area contributed by atoms with Gasteiger partial charge in [0.1, 0.15) is 12.6 Å². The maximum Gasteiger partial charge on any atom is 0.325 e. The van der Waals surface area contributed by atoms with E-state index in [-0.39, 0.29) is 5.91 Å². The number of aliphatic carboxylic acids is 1. The number of carbonyl (C=O) groups is 3. The molecule has 0 spiro atoms. The Morgan fingerprint density at radius 3 is 2.39 bits per heavy atom. The molecule has 2 N–H and O–H groups in total. The number of amides is 2. The van der Waals surface area contributed by atoms with Crippen molar-refractivity contribution in [3.63, 3.8) is 0 Å². The van der Waals surface area contributed by atoms with Gasteiger partial charge < -0.3 is 10.4 Å². The van der Waals surface area contributed by atoms with Crippen LogP contribution in [-0.4, -0.2) is 52.0 Å². The smallest absolute Gasteiger partial charge is 0.325 e. The number of hydrogen-bond donors (Lipinski definition) is 3. The Labute approximate surface area is 186 Å². The molecule has 0 aliphatic carbocycles. The summed E-state index contributed by atoms with van der Waals surface area (Å²) in [7, 11) is 0. The van der Waals surface area contributed by atoms with Crippen LogP contribution in [0.5, 0.6) is 0 Å². The van der Waals surface area contributed by atoms with Crippen LogP contribution in [0.2, 0.25) is 0 Å². The van der Waals surface area contributed by atoms with Gasteiger partial charge in [0.05, 0.1) is 11.6 Å². The van der Waals surface area contributed by atoms with E-state index in [0.717, 1.165) is 16.1 Å². The molecule has 3 rings (SSSR count). The molecule has 1 aliphatic rings. The zero-order chi connectivity index (χ0) is 22.2. The van der Waals surface area contributed by atoms with E-state index in [1.807, 2.05) is 60.7 Å². The molecule has 0 aromatic heterocycles. The van der Waals surface area contributed by atoms with E-state index < -0.39 is 30.4 Å². The number of carboxylic acids is 1. The van der Waals surface area contributed by atoms with Gasteiger partial charge in [-0.3, -0.25) is 14.4 Å². The molecular weight excluding hydrogens is 414 g/mol. The number of nitrogens with zero attached hydrogens (tertiary/aromatic N) is 2. The number of benzene rings is 2. The minimum atomic E-state index is -1.17. The molecule has 2 aromatic carbocycles. The number of hydrazone groups is 1. The van der Waals surface area contributed by atoms with Crippen molar-refractivity contribution in [2.45, 2.75) is 25.3 Å². The Kier molecular flexibility index (Phi) is 7.83. The molecule has 0 fully saturated rings. The summed E-state index contributed by atoms with van der Waals surface area (Å²) in [5.74, 6) is -2.07. The van der Waals surface area contributed by atoms with Crippen molar-refractivity contribution < 1.29 is 19.5 Å². The summed E-state index contributed by atoms with van der Waals surface area (Å²) in [5.41, 5.74) is 2.43. The van der Waals surface area contributed by atoms with Gasteiger partial charge in [0.25, 0.3) is 5.91 Å². The molecule has 2 amide bonds. The molecule has 0 saturated heterocycles. The third-order valence-corrected chi connectivity index (χ3v) is 5.53. The van der Waals surface area contributed by atoms with Gasteiger partial charge in [-0.1, -0.05) is 60.7 Å². The number of thiol groups is 1. The molecule has 31 heavy (non-hydrogen) atoms. The largest absolute Gasteiger partial charge is 0.480 e. The van der Waals surface area contributed by atoms with Gasteiger partial charge in [0.15, 0.2) is 0 Å². The minimum absolute atomic E-state index is 0.282. The Morgan fingerprint density at radius 2 is 1.77 bits per heavy atom. The van der Waals surface area contributed by atoms with Crippen molar-refractivity contribution in [2.75, 3.05) is 12.3 Å². The first kappa shape index (κ1) is 22.6. The predicted octanol–water partition coefficient (Wildman–Crippen LogP) is 2.37. The lowest BCUT2D eigenvalue weighted by atomic mass is 9.98. The summed E-state index contributed by atoms with van der Waals surface area (Å²) < 4.78 is 0. The third kappa shape index (κ3) is 6.18. The van der Waals surface area contributed by atoms with E-state index >= 15 is 0 Å². The van der Waals surface area contributed by atoms with Crippen LogP contribution in [0.3, 0.4) is 0 Å². The van der Waals surface area contributed by atoms with E-state index in [1.54, 1.807) is 0 Å². The zero-order valence-corrected chi connectivity index (χ0v) is 17.9. The van der Waals surface area contributed by atoms with Crippen LogP contribution in [0.25, 0.3) is 0 Å². The molecule has 0 radical (unpaired) electrons. The van der Waals surface area contributed by atoms with Crippen LogP contribution >= 0.6 is 12.6 Å². The fraction of sp³-hybridized carbons (Fsp3) is 0.304. The Morgan fingerprint density at radius 1 is 1.13 bits per heavy atom. The van der Waals surface area contributed by atoms with E-state index in [2.05, 4.69) is 23.0 Å². The molecule has 0 bridgehead atoms. The first-order valence-electron chi connectivity index (χ1n) is 10.1. The summed E-state index contributed by atoms with van der Waals surface area (Å²) in [6.45, 7) is -0.568. The average Bonchev–Trinajstić information content (AvgIpc) is 2.92. The van der Waals surface area contributed by atoms with E-state index in [4.69, 9.17) is 0 Å². The third-order valence-electron chi connectivity index (χ3n) is 5.09. The fourth-order valence-electron chi connectivity index (χ4n) is 3.47. The topological polar surface area (TPSA) is 99.1 Å². The standard InChI is InChI=1S/C23H25N3O4S/c27-21(28)14-26-23(30)20(12-11-19(25-26)17-9-5-2-6-10-17)24-22(29)18(15-31)13-16-7-3-1-4-8-16/h1-10,18,20,31H,11-15H2,(H,24,29)(H,27,28)/t18-,20+/m1/s1. The quantitative estimate of drug-likeness (QED) is 0.550. The Hall–Kier alpha value is -3.13. The maximum atomic E-state index is 13.0. The highest BCUT2D eigenvalue weighted by atomic mass is 32.1. The second kappa shape index (κ2) is 10.8. The van der Waals surface area contributed by atoms with Crippen molar-refractivity contribution in [1.29, 1.82) is 0 Å². The van der Waals surface area contributed by atoms with E-state index in [9.17, 15) is 19.5 Å². The average molecular weight is 440 g/mol. The Bertz CT molecular complexity index is 950. The molecule has 2 atom stereocenters. The fourth-order valence-corrected chi connectivity index (χ4v) is 3.76. The lowest BCUT2D eigenvalue weighted by molar-refractivity contribution is -0.145. The van der Waals surface area contributed by atoms with Crippen LogP contribution in [0.15, 0.2) is 65.8 Å². The monoisotopic (exact) mass is 439 g/mol. The summed E-state index contributed by atoms with van der Waals surface area (Å²) >= 11 is 4.32. The molecule has 1 aliphatic heterocycles. The highest BCUT2D eigenvalue weighted by Gasteiger charge is 2.32. The lowest BCUT2D eigenvalue weighted by Gasteiger charge is -2.23. The zero-order valence-electron chi connectivity index (χ0n) is 17.0. The number of hydrogen-bond acceptors (Lipinski definition) is 5. The molecule has 8 heteroatoms. The van der Waals surface area contributed by atoms with Gasteiger partial charge >= 0.3 is 5.97 Å². The normalized spacial score (nSPS) is 17.5. The number of carboxylic acid groups (broad SMARTS) is 1. The number of nitrogens with one attached hydrogen (secondary N) is 1.